The van der Waals surface area contributed by atoms with Crippen LogP contribution >= 0.6 is 0 Å². The number of Topliss-reactive ketones (excluding diaryl/α,β-unsaturated/α-hetero) is 2. The lowest BCUT2D eigenvalue weighted by Gasteiger charge is -2.22. The fourth-order valence-electron chi connectivity index (χ4n) is 5.78. The summed E-state index contributed by atoms with van der Waals surface area (Å²) in [6.45, 7) is 14.2. The van der Waals surface area contributed by atoms with E-state index in [0.717, 1.165) is 75.5 Å². The quantitative estimate of drug-likeness (QED) is 0.0686. The van der Waals surface area contributed by atoms with Gasteiger partial charge in [0.25, 0.3) is 5.91 Å². The van der Waals surface area contributed by atoms with Gasteiger partial charge < -0.3 is 5.32 Å². The number of amides is 1. The number of unbranched alkanes of at least 4 members (excludes halogenated alkanes) is 3. The van der Waals surface area contributed by atoms with Crippen molar-refractivity contribution in [3.8, 4) is 0 Å². The van der Waals surface area contributed by atoms with Crippen molar-refractivity contribution in [2.24, 2.45) is 5.92 Å². The van der Waals surface area contributed by atoms with Gasteiger partial charge in [-0.05, 0) is 87.5 Å². The molecule has 4 heteroatoms. The summed E-state index contributed by atoms with van der Waals surface area (Å²) >= 11 is 0. The molecule has 0 saturated heterocycles. The maximum Gasteiger partial charge on any atom is 0.251 e. The number of hydrogen-bond donors (Lipinski definition) is 1. The zero-order chi connectivity index (χ0) is 31.6. The summed E-state index contributed by atoms with van der Waals surface area (Å²) in [5.74, 6) is 0.466. The van der Waals surface area contributed by atoms with Crippen molar-refractivity contribution in [1.82, 2.24) is 0 Å². The number of carbonyl (C=O) groups is 3. The molecule has 0 fully saturated rings. The van der Waals surface area contributed by atoms with Crippen LogP contribution in [0, 0.1) is 12.8 Å². The SMILES string of the molecule is C=CC(C)/C(=C\C)C(=O)Nc1cc(C(=O)CCCCCC(=O)CCCC)ccc1C(CCC)CCCc1ccccc1C. The largest absolute Gasteiger partial charge is 0.322 e. The number of benzene rings is 2. The predicted molar refractivity (Wildman–Crippen MR) is 182 cm³/mol. The Labute approximate surface area is 261 Å². The minimum Gasteiger partial charge on any atom is -0.322 e. The molecule has 2 rings (SSSR count). The van der Waals surface area contributed by atoms with Gasteiger partial charge in [0, 0.05) is 42.0 Å². The van der Waals surface area contributed by atoms with Crippen LogP contribution in [-0.2, 0) is 16.0 Å². The van der Waals surface area contributed by atoms with Crippen molar-refractivity contribution in [3.05, 3.63) is 89.0 Å². The fraction of sp³-hybridized carbons (Fsp3) is 0.513. The molecule has 2 atom stereocenters. The maximum absolute atomic E-state index is 13.4. The Hall–Kier alpha value is -3.27. The fourth-order valence-corrected chi connectivity index (χ4v) is 5.78. The van der Waals surface area contributed by atoms with E-state index in [1.165, 1.54) is 11.1 Å². The standard InChI is InChI=1S/C39H55NO3/c1-7-11-23-34(41)24-13-12-14-25-38(42)33-26-27-36(37(28-33)40-39(43)35(10-4)29(5)9-3)32(18-8-2)22-17-21-31-20-16-15-19-30(31)6/h9-10,15-16,19-20,26-29,32H,3,7-8,11-14,17-18,21-25H2,1-2,4-6H3,(H,40,43)/b35-10+. The Morgan fingerprint density at radius 2 is 1.60 bits per heavy atom. The summed E-state index contributed by atoms with van der Waals surface area (Å²) in [7, 11) is 0. The highest BCUT2D eigenvalue weighted by atomic mass is 16.2. The van der Waals surface area contributed by atoms with Crippen molar-refractivity contribution >= 4 is 23.2 Å². The first-order valence-corrected chi connectivity index (χ1v) is 16.6. The number of aryl methyl sites for hydroxylation is 2. The van der Waals surface area contributed by atoms with Gasteiger partial charge in [-0.25, -0.2) is 0 Å². The predicted octanol–water partition coefficient (Wildman–Crippen LogP) is 10.5. The maximum atomic E-state index is 13.4. The molecule has 0 spiro atoms. The van der Waals surface area contributed by atoms with Crippen LogP contribution in [0.1, 0.15) is 138 Å². The lowest BCUT2D eigenvalue weighted by molar-refractivity contribution is -0.119. The number of hydrogen-bond acceptors (Lipinski definition) is 3. The first-order valence-electron chi connectivity index (χ1n) is 16.6. The van der Waals surface area contributed by atoms with E-state index in [4.69, 9.17) is 0 Å². The van der Waals surface area contributed by atoms with Crippen LogP contribution in [0.15, 0.2) is 66.8 Å². The second kappa shape index (κ2) is 19.8. The zero-order valence-corrected chi connectivity index (χ0v) is 27.5. The van der Waals surface area contributed by atoms with Gasteiger partial charge in [0.05, 0.1) is 0 Å². The Balaban J connectivity index is 2.22. The molecule has 1 amide bonds. The Bertz CT molecular complexity index is 1220. The molecular weight excluding hydrogens is 530 g/mol. The number of carbonyl (C=O) groups excluding carboxylic acids is 3. The molecule has 2 aromatic rings. The molecule has 0 bridgehead atoms. The molecule has 0 aliphatic heterocycles. The van der Waals surface area contributed by atoms with Crippen LogP contribution in [0.25, 0.3) is 0 Å². The highest BCUT2D eigenvalue weighted by Crippen LogP contribution is 2.34. The molecule has 43 heavy (non-hydrogen) atoms. The van der Waals surface area contributed by atoms with Gasteiger partial charge in [-0.2, -0.15) is 0 Å². The van der Waals surface area contributed by atoms with Crippen molar-refractivity contribution < 1.29 is 14.4 Å². The molecule has 0 saturated carbocycles. The minimum absolute atomic E-state index is 0.0762. The van der Waals surface area contributed by atoms with Crippen LogP contribution in [-0.4, -0.2) is 17.5 Å². The van der Waals surface area contributed by atoms with E-state index < -0.39 is 0 Å². The zero-order valence-electron chi connectivity index (χ0n) is 27.5. The molecular formula is C39H55NO3. The Kier molecular flexibility index (Phi) is 16.6. The van der Waals surface area contributed by atoms with Gasteiger partial charge >= 0.3 is 0 Å². The van der Waals surface area contributed by atoms with E-state index >= 15 is 0 Å². The summed E-state index contributed by atoms with van der Waals surface area (Å²) in [5.41, 5.74) is 5.84. The first kappa shape index (κ1) is 35.9. The van der Waals surface area contributed by atoms with E-state index in [1.54, 1.807) is 6.08 Å². The monoisotopic (exact) mass is 585 g/mol. The van der Waals surface area contributed by atoms with Crippen molar-refractivity contribution in [1.29, 1.82) is 0 Å². The van der Waals surface area contributed by atoms with Gasteiger partial charge in [0.1, 0.15) is 5.78 Å². The lowest BCUT2D eigenvalue weighted by atomic mass is 9.86. The van der Waals surface area contributed by atoms with Gasteiger partial charge in [-0.3, -0.25) is 14.4 Å². The molecule has 0 aromatic heterocycles. The van der Waals surface area contributed by atoms with Gasteiger partial charge in [-0.1, -0.05) is 88.6 Å². The van der Waals surface area contributed by atoms with Gasteiger partial charge in [0.15, 0.2) is 5.78 Å². The average Bonchev–Trinajstić information content (AvgIpc) is 3.00. The molecule has 234 valence electrons. The van der Waals surface area contributed by atoms with E-state index in [2.05, 4.69) is 63.0 Å². The molecule has 0 aliphatic carbocycles. The van der Waals surface area contributed by atoms with Gasteiger partial charge in [-0.15, -0.1) is 6.58 Å². The van der Waals surface area contributed by atoms with Crippen LogP contribution in [0.3, 0.4) is 0 Å². The van der Waals surface area contributed by atoms with E-state index in [9.17, 15) is 14.4 Å². The normalized spacial score (nSPS) is 12.9. The first-order chi connectivity index (χ1) is 20.7. The third-order valence-corrected chi connectivity index (χ3v) is 8.55. The highest BCUT2D eigenvalue weighted by Gasteiger charge is 2.21. The van der Waals surface area contributed by atoms with Crippen molar-refractivity contribution in [2.45, 2.75) is 124 Å². The smallest absolute Gasteiger partial charge is 0.251 e. The summed E-state index contributed by atoms with van der Waals surface area (Å²) in [6.07, 6.45) is 14.9. The minimum atomic E-state index is -0.149. The second-order valence-electron chi connectivity index (χ2n) is 12.0. The molecule has 0 aliphatic rings. The topological polar surface area (TPSA) is 63.2 Å². The molecule has 2 unspecified atom stereocenters. The molecule has 4 nitrogen and oxygen atoms in total. The van der Waals surface area contributed by atoms with E-state index in [-0.39, 0.29) is 23.5 Å². The summed E-state index contributed by atoms with van der Waals surface area (Å²) < 4.78 is 0. The van der Waals surface area contributed by atoms with Crippen molar-refractivity contribution in [3.63, 3.8) is 0 Å². The highest BCUT2D eigenvalue weighted by molar-refractivity contribution is 6.05. The molecule has 0 heterocycles. The van der Waals surface area contributed by atoms with Crippen LogP contribution in [0.5, 0.6) is 0 Å². The van der Waals surface area contributed by atoms with Gasteiger partial charge in [0.2, 0.25) is 0 Å². The number of nitrogens with one attached hydrogen (secondary N) is 1. The van der Waals surface area contributed by atoms with Crippen LogP contribution < -0.4 is 5.32 Å². The molecule has 0 radical (unpaired) electrons. The Morgan fingerprint density at radius 1 is 0.884 bits per heavy atom. The Morgan fingerprint density at radius 3 is 2.28 bits per heavy atom. The number of ketones is 2. The number of rotatable bonds is 21. The number of allylic oxidation sites excluding steroid dienone is 2. The third-order valence-electron chi connectivity index (χ3n) is 8.55. The second-order valence-corrected chi connectivity index (χ2v) is 12.0. The lowest BCUT2D eigenvalue weighted by Crippen LogP contribution is -2.20. The average molecular weight is 586 g/mol. The third kappa shape index (κ3) is 12.1. The summed E-state index contributed by atoms with van der Waals surface area (Å²) in [6, 6.07) is 14.5. The van der Waals surface area contributed by atoms with E-state index in [1.807, 2.05) is 32.1 Å². The van der Waals surface area contributed by atoms with E-state index in [0.29, 0.717) is 36.2 Å². The van der Waals surface area contributed by atoms with Crippen LogP contribution in [0.4, 0.5) is 5.69 Å². The molecule has 2 aromatic carbocycles. The van der Waals surface area contributed by atoms with Crippen LogP contribution in [0.2, 0.25) is 0 Å². The van der Waals surface area contributed by atoms with Crippen molar-refractivity contribution in [2.75, 3.05) is 5.32 Å². The molecule has 1 N–H and O–H groups in total. The number of anilines is 1. The summed E-state index contributed by atoms with van der Waals surface area (Å²) in [5, 5.41) is 3.19. The summed E-state index contributed by atoms with van der Waals surface area (Å²) in [4.78, 5) is 38.6.